The maximum Gasteiger partial charge on any atom is 0.338 e. The zero-order valence-electron chi connectivity index (χ0n) is 9.93. The normalized spacial score (nSPS) is 29.6. The van der Waals surface area contributed by atoms with Gasteiger partial charge in [0.25, 0.3) is 0 Å². The van der Waals surface area contributed by atoms with E-state index in [1.54, 1.807) is 0 Å². The van der Waals surface area contributed by atoms with Crippen molar-refractivity contribution in [2.24, 2.45) is 11.8 Å². The van der Waals surface area contributed by atoms with Gasteiger partial charge in [0.05, 0.1) is 5.56 Å². The molecule has 0 N–H and O–H groups in total. The van der Waals surface area contributed by atoms with Crippen molar-refractivity contribution in [3.05, 3.63) is 47.5 Å². The summed E-state index contributed by atoms with van der Waals surface area (Å²) in [6, 6.07) is 7.55. The Morgan fingerprint density at radius 1 is 1.12 bits per heavy atom. The van der Waals surface area contributed by atoms with Crippen LogP contribution in [0.4, 0.5) is 0 Å². The molecule has 1 fully saturated rings. The van der Waals surface area contributed by atoms with Crippen molar-refractivity contribution in [1.29, 1.82) is 0 Å². The smallest absolute Gasteiger partial charge is 0.338 e. The molecule has 2 aliphatic carbocycles. The largest absolute Gasteiger partial charge is 0.459 e. The highest BCUT2D eigenvalue weighted by molar-refractivity contribution is 5.89. The molecule has 2 aliphatic rings. The number of esters is 1. The summed E-state index contributed by atoms with van der Waals surface area (Å²) in [6.07, 6.45) is 6.56. The van der Waals surface area contributed by atoms with Crippen LogP contribution in [-0.4, -0.2) is 12.1 Å². The van der Waals surface area contributed by atoms with Crippen LogP contribution in [0.5, 0.6) is 0 Å². The lowest BCUT2D eigenvalue weighted by Gasteiger charge is -2.19. The number of benzene rings is 1. The molecule has 1 saturated carbocycles. The number of rotatable bonds is 2. The molecule has 17 heavy (non-hydrogen) atoms. The van der Waals surface area contributed by atoms with E-state index in [0.717, 1.165) is 18.4 Å². The van der Waals surface area contributed by atoms with Gasteiger partial charge in [0.2, 0.25) is 0 Å². The van der Waals surface area contributed by atoms with Crippen molar-refractivity contribution in [1.82, 2.24) is 0 Å². The maximum absolute atomic E-state index is 11.9. The van der Waals surface area contributed by atoms with Gasteiger partial charge in [-0.3, -0.25) is 0 Å². The van der Waals surface area contributed by atoms with Gasteiger partial charge in [0, 0.05) is 0 Å². The van der Waals surface area contributed by atoms with Crippen molar-refractivity contribution < 1.29 is 9.53 Å². The molecule has 2 nitrogen and oxygen atoms in total. The maximum atomic E-state index is 11.9. The second kappa shape index (κ2) is 4.02. The molecule has 2 heteroatoms. The molecule has 1 aromatic carbocycles. The molecule has 0 spiro atoms. The summed E-state index contributed by atoms with van der Waals surface area (Å²) in [5.74, 6) is 1.13. The van der Waals surface area contributed by atoms with Crippen LogP contribution < -0.4 is 0 Å². The topological polar surface area (TPSA) is 26.3 Å². The average molecular weight is 228 g/mol. The molecular formula is C15H16O2. The van der Waals surface area contributed by atoms with Gasteiger partial charge in [-0.1, -0.05) is 29.8 Å². The minimum atomic E-state index is -0.184. The number of carbonyl (C=O) groups excluding carboxylic acids is 1. The molecule has 0 heterocycles. The van der Waals surface area contributed by atoms with E-state index in [-0.39, 0.29) is 12.1 Å². The van der Waals surface area contributed by atoms with E-state index in [1.807, 2.05) is 31.2 Å². The standard InChI is InChI=1S/C15H16O2/c1-10-2-4-11(5-3-10)15(16)17-14-8-12-6-7-13(12)9-14/h2-7,12-14H,8-9H2,1H3. The van der Waals surface area contributed by atoms with Crippen LogP contribution in [0.15, 0.2) is 36.4 Å². The highest BCUT2D eigenvalue weighted by atomic mass is 16.5. The van der Waals surface area contributed by atoms with Crippen molar-refractivity contribution in [3.63, 3.8) is 0 Å². The fraction of sp³-hybridized carbons (Fsp3) is 0.400. The van der Waals surface area contributed by atoms with Crippen LogP contribution in [0, 0.1) is 18.8 Å². The third-order valence-electron chi connectivity index (χ3n) is 3.79. The van der Waals surface area contributed by atoms with Gasteiger partial charge in [0.15, 0.2) is 0 Å². The molecule has 3 rings (SSSR count). The van der Waals surface area contributed by atoms with Gasteiger partial charge in [-0.25, -0.2) is 4.79 Å². The molecular weight excluding hydrogens is 212 g/mol. The van der Waals surface area contributed by atoms with E-state index in [9.17, 15) is 4.79 Å². The monoisotopic (exact) mass is 228 g/mol. The third kappa shape index (κ3) is 1.99. The third-order valence-corrected chi connectivity index (χ3v) is 3.79. The molecule has 0 aliphatic heterocycles. The van der Waals surface area contributed by atoms with Crippen LogP contribution >= 0.6 is 0 Å². The Kier molecular flexibility index (Phi) is 2.50. The summed E-state index contributed by atoms with van der Waals surface area (Å²) in [5, 5.41) is 0. The molecule has 0 bridgehead atoms. The highest BCUT2D eigenvalue weighted by Gasteiger charge is 2.37. The fourth-order valence-electron chi connectivity index (χ4n) is 2.64. The van der Waals surface area contributed by atoms with Crippen LogP contribution in [-0.2, 0) is 4.74 Å². The van der Waals surface area contributed by atoms with Crippen LogP contribution in [0.1, 0.15) is 28.8 Å². The van der Waals surface area contributed by atoms with Gasteiger partial charge in [0.1, 0.15) is 6.10 Å². The van der Waals surface area contributed by atoms with E-state index >= 15 is 0 Å². The Morgan fingerprint density at radius 2 is 1.71 bits per heavy atom. The zero-order valence-corrected chi connectivity index (χ0v) is 9.93. The summed E-state index contributed by atoms with van der Waals surface area (Å²) in [7, 11) is 0. The van der Waals surface area contributed by atoms with Crippen LogP contribution in [0.3, 0.4) is 0 Å². The first-order chi connectivity index (χ1) is 8.22. The van der Waals surface area contributed by atoms with Gasteiger partial charge >= 0.3 is 5.97 Å². The molecule has 1 aromatic rings. The molecule has 0 amide bonds. The van der Waals surface area contributed by atoms with Crippen molar-refractivity contribution in [3.8, 4) is 0 Å². The molecule has 0 saturated heterocycles. The Morgan fingerprint density at radius 3 is 2.24 bits per heavy atom. The summed E-state index contributed by atoms with van der Waals surface area (Å²) < 4.78 is 5.54. The molecule has 88 valence electrons. The number of hydrogen-bond donors (Lipinski definition) is 0. The lowest BCUT2D eigenvalue weighted by molar-refractivity contribution is 0.0311. The predicted octanol–water partition coefficient (Wildman–Crippen LogP) is 3.12. The lowest BCUT2D eigenvalue weighted by atomic mass is 9.86. The van der Waals surface area contributed by atoms with Gasteiger partial charge in [-0.05, 0) is 43.7 Å². The van der Waals surface area contributed by atoms with Crippen LogP contribution in [0.25, 0.3) is 0 Å². The first-order valence-corrected chi connectivity index (χ1v) is 6.18. The Hall–Kier alpha value is -1.57. The Labute approximate surface area is 101 Å². The van der Waals surface area contributed by atoms with E-state index < -0.39 is 0 Å². The summed E-state index contributed by atoms with van der Waals surface area (Å²) >= 11 is 0. The quantitative estimate of drug-likeness (QED) is 0.574. The number of allylic oxidation sites excluding steroid dienone is 2. The number of aryl methyl sites for hydroxylation is 1. The summed E-state index contributed by atoms with van der Waals surface area (Å²) in [5.41, 5.74) is 1.81. The van der Waals surface area contributed by atoms with E-state index in [2.05, 4.69) is 12.2 Å². The van der Waals surface area contributed by atoms with Crippen molar-refractivity contribution in [2.75, 3.05) is 0 Å². The molecule has 2 atom stereocenters. The van der Waals surface area contributed by atoms with Crippen LogP contribution in [0.2, 0.25) is 0 Å². The zero-order chi connectivity index (χ0) is 11.8. The minimum absolute atomic E-state index is 0.105. The lowest BCUT2D eigenvalue weighted by Crippen LogP contribution is -2.15. The molecule has 2 unspecified atom stereocenters. The van der Waals surface area contributed by atoms with E-state index in [4.69, 9.17) is 4.74 Å². The molecule has 0 radical (unpaired) electrons. The Balaban J connectivity index is 1.62. The van der Waals surface area contributed by atoms with E-state index in [1.165, 1.54) is 0 Å². The second-order valence-electron chi connectivity index (χ2n) is 5.08. The first-order valence-electron chi connectivity index (χ1n) is 6.18. The number of ether oxygens (including phenoxy) is 1. The van der Waals surface area contributed by atoms with Gasteiger partial charge in [-0.2, -0.15) is 0 Å². The van der Waals surface area contributed by atoms with Gasteiger partial charge < -0.3 is 4.74 Å². The number of carbonyl (C=O) groups is 1. The van der Waals surface area contributed by atoms with Crippen molar-refractivity contribution in [2.45, 2.75) is 25.9 Å². The highest BCUT2D eigenvalue weighted by Crippen LogP contribution is 2.42. The predicted molar refractivity (Wildman–Crippen MR) is 65.7 cm³/mol. The fourth-order valence-corrected chi connectivity index (χ4v) is 2.64. The summed E-state index contributed by atoms with van der Waals surface area (Å²) in [6.45, 7) is 2.01. The van der Waals surface area contributed by atoms with Gasteiger partial charge in [-0.15, -0.1) is 0 Å². The number of hydrogen-bond acceptors (Lipinski definition) is 2. The SMILES string of the molecule is Cc1ccc(C(=O)OC2CC3C=CC3C2)cc1. The summed E-state index contributed by atoms with van der Waals surface area (Å²) in [4.78, 5) is 11.9. The minimum Gasteiger partial charge on any atom is -0.459 e. The van der Waals surface area contributed by atoms with Crippen molar-refractivity contribution >= 4 is 5.97 Å². The second-order valence-corrected chi connectivity index (χ2v) is 5.08. The number of fused-ring (bicyclic) bond motifs is 1. The first kappa shape index (κ1) is 10.6. The Bertz CT molecular complexity index is 444. The van der Waals surface area contributed by atoms with E-state index in [0.29, 0.717) is 17.4 Å². The average Bonchev–Trinajstić information content (AvgIpc) is 2.57. The molecule has 0 aromatic heterocycles.